The van der Waals surface area contributed by atoms with E-state index in [0.717, 1.165) is 12.8 Å². The third-order valence-electron chi connectivity index (χ3n) is 2.23. The van der Waals surface area contributed by atoms with Crippen molar-refractivity contribution >= 4 is 11.9 Å². The van der Waals surface area contributed by atoms with E-state index in [-0.39, 0.29) is 24.9 Å². The second-order valence-corrected chi connectivity index (χ2v) is 4.41. The summed E-state index contributed by atoms with van der Waals surface area (Å²) < 4.78 is 5.15. The number of rotatable bonds is 8. The number of aliphatic carboxylic acids is 1. The Labute approximate surface area is 103 Å². The van der Waals surface area contributed by atoms with Crippen molar-refractivity contribution in [2.24, 2.45) is 0 Å². The number of hydrogen-bond acceptors (Lipinski definition) is 3. The van der Waals surface area contributed by atoms with Crippen molar-refractivity contribution in [1.82, 2.24) is 0 Å². The summed E-state index contributed by atoms with van der Waals surface area (Å²) >= 11 is 0. The monoisotopic (exact) mass is 242 g/mol. The first kappa shape index (κ1) is 15.7. The number of allylic oxidation sites excluding steroid dienone is 2. The van der Waals surface area contributed by atoms with E-state index in [1.54, 1.807) is 0 Å². The highest BCUT2D eigenvalue weighted by atomic mass is 16.5. The van der Waals surface area contributed by atoms with Crippen molar-refractivity contribution in [3.8, 4) is 0 Å². The first-order chi connectivity index (χ1) is 7.91. The van der Waals surface area contributed by atoms with E-state index in [2.05, 4.69) is 6.08 Å². The maximum Gasteiger partial charge on any atom is 0.306 e. The van der Waals surface area contributed by atoms with Gasteiger partial charge in [-0.25, -0.2) is 0 Å². The van der Waals surface area contributed by atoms with Gasteiger partial charge in [0.05, 0.1) is 6.10 Å². The molecule has 4 nitrogen and oxygen atoms in total. The molecule has 17 heavy (non-hydrogen) atoms. The smallest absolute Gasteiger partial charge is 0.306 e. The number of carboxylic acids is 1. The molecule has 0 aliphatic heterocycles. The molecule has 0 aromatic heterocycles. The molecule has 0 heterocycles. The van der Waals surface area contributed by atoms with Crippen molar-refractivity contribution in [3.63, 3.8) is 0 Å². The Morgan fingerprint density at radius 2 is 1.94 bits per heavy atom. The van der Waals surface area contributed by atoms with Gasteiger partial charge in [0.25, 0.3) is 0 Å². The molecule has 98 valence electrons. The van der Waals surface area contributed by atoms with Crippen LogP contribution in [0.2, 0.25) is 0 Å². The Hall–Kier alpha value is -1.32. The average Bonchev–Trinajstić information content (AvgIpc) is 2.15. The maximum atomic E-state index is 11.3. The predicted octanol–water partition coefficient (Wildman–Crippen LogP) is 2.92. The van der Waals surface area contributed by atoms with Gasteiger partial charge in [-0.2, -0.15) is 0 Å². The van der Waals surface area contributed by atoms with Crippen LogP contribution in [0.5, 0.6) is 0 Å². The van der Waals surface area contributed by atoms with Crippen LogP contribution in [-0.4, -0.2) is 23.1 Å². The van der Waals surface area contributed by atoms with Crippen molar-refractivity contribution in [3.05, 3.63) is 11.6 Å². The largest absolute Gasteiger partial charge is 0.481 e. The summed E-state index contributed by atoms with van der Waals surface area (Å²) in [6.07, 6.45) is 4.23. The number of hydrogen-bond donors (Lipinski definition) is 1. The predicted molar refractivity (Wildman–Crippen MR) is 65.7 cm³/mol. The second kappa shape index (κ2) is 8.79. The Morgan fingerprint density at radius 3 is 2.47 bits per heavy atom. The lowest BCUT2D eigenvalue weighted by atomic mass is 10.1. The van der Waals surface area contributed by atoms with Crippen LogP contribution in [0.15, 0.2) is 11.6 Å². The van der Waals surface area contributed by atoms with Gasteiger partial charge in [-0.05, 0) is 40.0 Å². The van der Waals surface area contributed by atoms with Crippen molar-refractivity contribution in [2.75, 3.05) is 0 Å². The molecule has 1 N–H and O–H groups in total. The minimum Gasteiger partial charge on any atom is -0.481 e. The van der Waals surface area contributed by atoms with Gasteiger partial charge in [0, 0.05) is 12.8 Å². The lowest BCUT2D eigenvalue weighted by molar-refractivity contribution is -0.148. The maximum absolute atomic E-state index is 11.3. The van der Waals surface area contributed by atoms with Gasteiger partial charge in [-0.3, -0.25) is 9.59 Å². The summed E-state index contributed by atoms with van der Waals surface area (Å²) in [4.78, 5) is 21.6. The van der Waals surface area contributed by atoms with Crippen LogP contribution in [0.25, 0.3) is 0 Å². The van der Waals surface area contributed by atoms with Gasteiger partial charge in [0.1, 0.15) is 0 Å². The molecule has 1 unspecified atom stereocenters. The standard InChI is InChI=1S/C13H22O4/c1-10(2)6-4-7-11(3)17-13(16)9-5-8-12(14)15/h6,11H,4-5,7-9H2,1-3H3,(H,14,15). The summed E-state index contributed by atoms with van der Waals surface area (Å²) in [7, 11) is 0. The first-order valence-corrected chi connectivity index (χ1v) is 5.96. The number of esters is 1. The van der Waals surface area contributed by atoms with E-state index in [1.165, 1.54) is 5.57 Å². The molecule has 0 aromatic carbocycles. The average molecular weight is 242 g/mol. The van der Waals surface area contributed by atoms with Crippen LogP contribution < -0.4 is 0 Å². The molecule has 0 bridgehead atoms. The number of carboxylic acid groups (broad SMARTS) is 1. The van der Waals surface area contributed by atoms with Crippen LogP contribution in [0.3, 0.4) is 0 Å². The Morgan fingerprint density at radius 1 is 1.29 bits per heavy atom. The fourth-order valence-corrected chi connectivity index (χ4v) is 1.33. The molecule has 0 spiro atoms. The van der Waals surface area contributed by atoms with Crippen LogP contribution in [-0.2, 0) is 14.3 Å². The number of carbonyl (C=O) groups is 2. The molecule has 1 atom stereocenters. The number of ether oxygens (including phenoxy) is 1. The summed E-state index contributed by atoms with van der Waals surface area (Å²) in [6.45, 7) is 5.92. The highest BCUT2D eigenvalue weighted by molar-refractivity contribution is 5.71. The summed E-state index contributed by atoms with van der Waals surface area (Å²) in [5.41, 5.74) is 1.25. The van der Waals surface area contributed by atoms with Crippen molar-refractivity contribution < 1.29 is 19.4 Å². The van der Waals surface area contributed by atoms with E-state index in [4.69, 9.17) is 9.84 Å². The van der Waals surface area contributed by atoms with E-state index in [0.29, 0.717) is 6.42 Å². The lowest BCUT2D eigenvalue weighted by Gasteiger charge is -2.11. The normalized spacial score (nSPS) is 11.7. The second-order valence-electron chi connectivity index (χ2n) is 4.41. The van der Waals surface area contributed by atoms with Crippen molar-refractivity contribution in [1.29, 1.82) is 0 Å². The van der Waals surface area contributed by atoms with E-state index < -0.39 is 5.97 Å². The minimum atomic E-state index is -0.880. The highest BCUT2D eigenvalue weighted by Gasteiger charge is 2.09. The Bertz CT molecular complexity index is 277. The fraction of sp³-hybridized carbons (Fsp3) is 0.692. The first-order valence-electron chi connectivity index (χ1n) is 5.96. The van der Waals surface area contributed by atoms with Gasteiger partial charge in [0.15, 0.2) is 0 Å². The molecular weight excluding hydrogens is 220 g/mol. The van der Waals surface area contributed by atoms with Gasteiger partial charge >= 0.3 is 11.9 Å². The van der Waals surface area contributed by atoms with Crippen LogP contribution >= 0.6 is 0 Å². The molecule has 0 aromatic rings. The molecule has 0 saturated carbocycles. The van der Waals surface area contributed by atoms with Crippen LogP contribution in [0, 0.1) is 0 Å². The molecule has 4 heteroatoms. The lowest BCUT2D eigenvalue weighted by Crippen LogP contribution is -2.14. The summed E-state index contributed by atoms with van der Waals surface area (Å²) in [5, 5.41) is 8.42. The Balaban J connectivity index is 3.65. The molecule has 0 amide bonds. The Kier molecular flexibility index (Phi) is 8.11. The van der Waals surface area contributed by atoms with Crippen LogP contribution in [0.4, 0.5) is 0 Å². The molecular formula is C13H22O4. The molecule has 0 fully saturated rings. The van der Waals surface area contributed by atoms with Gasteiger partial charge in [0.2, 0.25) is 0 Å². The van der Waals surface area contributed by atoms with E-state index in [1.807, 2.05) is 20.8 Å². The van der Waals surface area contributed by atoms with Crippen LogP contribution in [0.1, 0.15) is 52.9 Å². The topological polar surface area (TPSA) is 63.6 Å². The SMILES string of the molecule is CC(C)=CCCC(C)OC(=O)CCCC(=O)O. The van der Waals surface area contributed by atoms with E-state index >= 15 is 0 Å². The van der Waals surface area contributed by atoms with E-state index in [9.17, 15) is 9.59 Å². The zero-order valence-corrected chi connectivity index (χ0v) is 10.9. The van der Waals surface area contributed by atoms with Crippen molar-refractivity contribution in [2.45, 2.75) is 59.0 Å². The molecule has 0 aliphatic rings. The third-order valence-corrected chi connectivity index (χ3v) is 2.23. The third kappa shape index (κ3) is 11.0. The summed E-state index contributed by atoms with van der Waals surface area (Å²) in [5.74, 6) is -1.19. The molecule has 0 saturated heterocycles. The molecule has 0 radical (unpaired) electrons. The molecule has 0 rings (SSSR count). The fourth-order valence-electron chi connectivity index (χ4n) is 1.33. The van der Waals surface area contributed by atoms with Gasteiger partial charge < -0.3 is 9.84 Å². The molecule has 0 aliphatic carbocycles. The zero-order valence-electron chi connectivity index (χ0n) is 10.9. The quantitative estimate of drug-likeness (QED) is 0.525. The number of carbonyl (C=O) groups excluding carboxylic acids is 1. The minimum absolute atomic E-state index is 0.0151. The highest BCUT2D eigenvalue weighted by Crippen LogP contribution is 2.07. The zero-order chi connectivity index (χ0) is 13.3. The summed E-state index contributed by atoms with van der Waals surface area (Å²) in [6, 6.07) is 0. The van der Waals surface area contributed by atoms with Gasteiger partial charge in [-0.1, -0.05) is 11.6 Å². The van der Waals surface area contributed by atoms with Gasteiger partial charge in [-0.15, -0.1) is 0 Å².